The molecule has 0 radical (unpaired) electrons. The van der Waals surface area contributed by atoms with Crippen LogP contribution in [0.25, 0.3) is 0 Å². The minimum Gasteiger partial charge on any atom is -0.486 e. The highest BCUT2D eigenvalue weighted by Gasteiger charge is 2.13. The Morgan fingerprint density at radius 3 is 2.53 bits per heavy atom. The van der Waals surface area contributed by atoms with Crippen LogP contribution in [0.4, 0.5) is 4.39 Å². The first-order chi connectivity index (χ1) is 9.10. The van der Waals surface area contributed by atoms with E-state index in [0.29, 0.717) is 24.8 Å². The van der Waals surface area contributed by atoms with Gasteiger partial charge in [-0.25, -0.2) is 9.37 Å². The van der Waals surface area contributed by atoms with Crippen LogP contribution in [0.1, 0.15) is 35.3 Å². The van der Waals surface area contributed by atoms with Crippen LogP contribution in [0.3, 0.4) is 0 Å². The lowest BCUT2D eigenvalue weighted by atomic mass is 10.1. The molecule has 5 heteroatoms. The van der Waals surface area contributed by atoms with E-state index in [2.05, 4.69) is 18.8 Å². The van der Waals surface area contributed by atoms with Crippen LogP contribution in [0, 0.1) is 5.82 Å². The number of rotatable bonds is 5. The molecule has 0 amide bonds. The molecule has 102 valence electrons. The average molecular weight is 280 g/mol. The van der Waals surface area contributed by atoms with Gasteiger partial charge in [0.05, 0.1) is 5.69 Å². The minimum absolute atomic E-state index is 0.269. The molecule has 1 aromatic heterocycles. The fourth-order valence-electron chi connectivity index (χ4n) is 1.75. The monoisotopic (exact) mass is 280 g/mol. The standard InChI is InChI=1S/C14H17FN2OS/c1-9(2)14-12(7-16)19-13(17-14)8-18-11-5-3-10(15)4-6-11/h3-6,9H,7-8,16H2,1-2H3. The molecule has 2 aromatic rings. The van der Waals surface area contributed by atoms with E-state index >= 15 is 0 Å². The summed E-state index contributed by atoms with van der Waals surface area (Å²) in [6.45, 7) is 5.08. The molecule has 0 unspecified atom stereocenters. The summed E-state index contributed by atoms with van der Waals surface area (Å²) < 4.78 is 18.3. The average Bonchev–Trinajstić information content (AvgIpc) is 2.81. The number of nitrogens with zero attached hydrogens (tertiary/aromatic N) is 1. The Bertz CT molecular complexity index is 537. The molecule has 0 aliphatic heterocycles. The first kappa shape index (κ1) is 14.0. The lowest BCUT2D eigenvalue weighted by Gasteiger charge is -2.03. The number of nitrogens with two attached hydrogens (primary N) is 1. The van der Waals surface area contributed by atoms with Crippen LogP contribution >= 0.6 is 11.3 Å². The maximum atomic E-state index is 12.8. The second kappa shape index (κ2) is 6.12. The first-order valence-electron chi connectivity index (χ1n) is 6.17. The molecule has 1 aromatic carbocycles. The Kier molecular flexibility index (Phi) is 4.50. The maximum absolute atomic E-state index is 12.8. The molecule has 19 heavy (non-hydrogen) atoms. The second-order valence-electron chi connectivity index (χ2n) is 4.52. The van der Waals surface area contributed by atoms with E-state index < -0.39 is 0 Å². The normalized spacial score (nSPS) is 11.0. The SMILES string of the molecule is CC(C)c1nc(COc2ccc(F)cc2)sc1CN. The number of halogens is 1. The van der Waals surface area contributed by atoms with Crippen LogP contribution in [-0.2, 0) is 13.2 Å². The van der Waals surface area contributed by atoms with Gasteiger partial charge in [0.1, 0.15) is 23.2 Å². The van der Waals surface area contributed by atoms with Gasteiger partial charge in [0.2, 0.25) is 0 Å². The molecule has 0 fully saturated rings. The lowest BCUT2D eigenvalue weighted by Crippen LogP contribution is -2.00. The molecule has 0 aliphatic carbocycles. The van der Waals surface area contributed by atoms with E-state index in [1.54, 1.807) is 23.5 Å². The Balaban J connectivity index is 2.05. The van der Waals surface area contributed by atoms with Crippen molar-refractivity contribution in [2.45, 2.75) is 32.9 Å². The van der Waals surface area contributed by atoms with Gasteiger partial charge in [-0.1, -0.05) is 13.8 Å². The van der Waals surface area contributed by atoms with Crippen LogP contribution < -0.4 is 10.5 Å². The predicted molar refractivity (Wildman–Crippen MR) is 74.8 cm³/mol. The van der Waals surface area contributed by atoms with Crippen molar-refractivity contribution in [2.24, 2.45) is 5.73 Å². The molecule has 0 spiro atoms. The summed E-state index contributed by atoms with van der Waals surface area (Å²) in [6, 6.07) is 5.97. The van der Waals surface area contributed by atoms with E-state index in [1.165, 1.54) is 12.1 Å². The van der Waals surface area contributed by atoms with Gasteiger partial charge in [0, 0.05) is 11.4 Å². The third kappa shape index (κ3) is 3.52. The highest BCUT2D eigenvalue weighted by molar-refractivity contribution is 7.11. The van der Waals surface area contributed by atoms with Gasteiger partial charge in [-0.15, -0.1) is 11.3 Å². The Hall–Kier alpha value is -1.46. The van der Waals surface area contributed by atoms with E-state index in [4.69, 9.17) is 10.5 Å². The summed E-state index contributed by atoms with van der Waals surface area (Å²) in [5.41, 5.74) is 6.76. The van der Waals surface area contributed by atoms with Gasteiger partial charge >= 0.3 is 0 Å². The molecule has 0 bridgehead atoms. The largest absolute Gasteiger partial charge is 0.486 e. The zero-order valence-corrected chi connectivity index (χ0v) is 11.8. The van der Waals surface area contributed by atoms with Crippen LogP contribution in [-0.4, -0.2) is 4.98 Å². The van der Waals surface area contributed by atoms with Gasteiger partial charge in [0.15, 0.2) is 0 Å². The van der Waals surface area contributed by atoms with E-state index in [9.17, 15) is 4.39 Å². The summed E-state index contributed by atoms with van der Waals surface area (Å²) >= 11 is 1.58. The van der Waals surface area contributed by atoms with Gasteiger partial charge in [-0.05, 0) is 30.2 Å². The topological polar surface area (TPSA) is 48.1 Å². The summed E-state index contributed by atoms with van der Waals surface area (Å²) in [4.78, 5) is 5.66. The Morgan fingerprint density at radius 2 is 2.00 bits per heavy atom. The molecule has 0 atom stereocenters. The third-order valence-electron chi connectivity index (χ3n) is 2.68. The fraction of sp³-hybridized carbons (Fsp3) is 0.357. The summed E-state index contributed by atoms with van der Waals surface area (Å²) in [5.74, 6) is 0.723. The zero-order valence-electron chi connectivity index (χ0n) is 11.0. The van der Waals surface area contributed by atoms with Crippen LogP contribution in [0.2, 0.25) is 0 Å². The van der Waals surface area contributed by atoms with Crippen LogP contribution in [0.5, 0.6) is 5.75 Å². The van der Waals surface area contributed by atoms with Crippen molar-refractivity contribution < 1.29 is 9.13 Å². The molecule has 1 heterocycles. The number of hydrogen-bond acceptors (Lipinski definition) is 4. The molecular weight excluding hydrogens is 263 g/mol. The maximum Gasteiger partial charge on any atom is 0.140 e. The van der Waals surface area contributed by atoms with Crippen molar-refractivity contribution in [1.82, 2.24) is 4.98 Å². The number of thiazole rings is 1. The van der Waals surface area contributed by atoms with Crippen molar-refractivity contribution in [1.29, 1.82) is 0 Å². The predicted octanol–water partition coefficient (Wildman–Crippen LogP) is 3.44. The Morgan fingerprint density at radius 1 is 1.32 bits per heavy atom. The van der Waals surface area contributed by atoms with Gasteiger partial charge in [0.25, 0.3) is 0 Å². The summed E-state index contributed by atoms with van der Waals surface area (Å²) in [6.07, 6.45) is 0. The van der Waals surface area contributed by atoms with Crippen LogP contribution in [0.15, 0.2) is 24.3 Å². The first-order valence-corrected chi connectivity index (χ1v) is 6.98. The molecule has 0 saturated heterocycles. The van der Waals surface area contributed by atoms with E-state index in [1.807, 2.05) is 0 Å². The zero-order chi connectivity index (χ0) is 13.8. The molecule has 2 rings (SSSR count). The highest BCUT2D eigenvalue weighted by atomic mass is 32.1. The lowest BCUT2D eigenvalue weighted by molar-refractivity contribution is 0.304. The molecular formula is C14H17FN2OS. The number of aromatic nitrogens is 1. The summed E-state index contributed by atoms with van der Waals surface area (Å²) in [5, 5.41) is 0.897. The fourth-order valence-corrected chi connectivity index (χ4v) is 2.76. The van der Waals surface area contributed by atoms with Crippen molar-refractivity contribution >= 4 is 11.3 Å². The molecule has 0 saturated carbocycles. The van der Waals surface area contributed by atoms with Crippen molar-refractivity contribution in [3.63, 3.8) is 0 Å². The van der Waals surface area contributed by atoms with Gasteiger partial charge in [-0.2, -0.15) is 0 Å². The number of hydrogen-bond donors (Lipinski definition) is 1. The molecule has 0 aliphatic rings. The van der Waals surface area contributed by atoms with E-state index in [0.717, 1.165) is 15.6 Å². The van der Waals surface area contributed by atoms with Gasteiger partial charge in [-0.3, -0.25) is 0 Å². The number of ether oxygens (including phenoxy) is 1. The molecule has 3 nitrogen and oxygen atoms in total. The molecule has 2 N–H and O–H groups in total. The Labute approximate surface area is 116 Å². The third-order valence-corrected chi connectivity index (χ3v) is 3.75. The van der Waals surface area contributed by atoms with Gasteiger partial charge < -0.3 is 10.5 Å². The van der Waals surface area contributed by atoms with Crippen molar-refractivity contribution in [3.05, 3.63) is 45.7 Å². The van der Waals surface area contributed by atoms with Crippen molar-refractivity contribution in [2.75, 3.05) is 0 Å². The smallest absolute Gasteiger partial charge is 0.140 e. The number of benzene rings is 1. The van der Waals surface area contributed by atoms with Crippen molar-refractivity contribution in [3.8, 4) is 5.75 Å². The quantitative estimate of drug-likeness (QED) is 0.912. The minimum atomic E-state index is -0.269. The highest BCUT2D eigenvalue weighted by Crippen LogP contribution is 2.25. The van der Waals surface area contributed by atoms with E-state index in [-0.39, 0.29) is 5.82 Å². The summed E-state index contributed by atoms with van der Waals surface area (Å²) in [7, 11) is 0. The second-order valence-corrected chi connectivity index (χ2v) is 5.69.